The van der Waals surface area contributed by atoms with Gasteiger partial charge < -0.3 is 26.2 Å². The maximum absolute atomic E-state index is 13.0. The number of benzene rings is 3. The molecule has 0 heterocycles. The van der Waals surface area contributed by atoms with Gasteiger partial charge in [-0.15, -0.1) is 0 Å². The third-order valence-electron chi connectivity index (χ3n) is 5.28. The number of likely N-dealkylation sites (N-methyl/N-ethyl adjacent to an activating group) is 1. The largest absolute Gasteiger partial charge is 0.480 e. The molecule has 0 aliphatic carbocycles. The van der Waals surface area contributed by atoms with Crippen LogP contribution in [-0.4, -0.2) is 56.9 Å². The minimum absolute atomic E-state index is 0.307. The summed E-state index contributed by atoms with van der Waals surface area (Å²) in [5.74, 6) is -1.62. The summed E-state index contributed by atoms with van der Waals surface area (Å²) in [6, 6.07) is 20.7. The molecule has 0 aliphatic rings. The normalized spacial score (nSPS) is 10.9. The topological polar surface area (TPSA) is 147 Å². The van der Waals surface area contributed by atoms with E-state index in [2.05, 4.69) is 15.1 Å². The predicted octanol–water partition coefficient (Wildman–Crippen LogP) is 3.83. The van der Waals surface area contributed by atoms with Crippen molar-refractivity contribution in [3.8, 4) is 0 Å². The Morgan fingerprint density at radius 1 is 0.917 bits per heavy atom. The molecule has 5 N–H and O–H groups in total. The number of hydrogen-bond donors (Lipinski definition) is 3. The maximum atomic E-state index is 13.0. The predicted molar refractivity (Wildman–Crippen MR) is 140 cm³/mol. The number of hydrogen-bond acceptors (Lipinski definition) is 8. The van der Waals surface area contributed by atoms with Crippen LogP contribution in [0, 0.1) is 0 Å². The average molecular weight is 491 g/mol. The van der Waals surface area contributed by atoms with Gasteiger partial charge in [-0.2, -0.15) is 10.2 Å². The van der Waals surface area contributed by atoms with Crippen molar-refractivity contribution in [3.63, 3.8) is 0 Å². The SMILES string of the molecule is CN(CCOCCN)c1ccc(/N=N/c2ccc(C(=O)N(CC(=O)O)c3ccccc3N)cc2)cc1. The molecule has 36 heavy (non-hydrogen) atoms. The van der Waals surface area contributed by atoms with E-state index in [1.54, 1.807) is 48.5 Å². The zero-order valence-corrected chi connectivity index (χ0v) is 20.1. The molecule has 0 bridgehead atoms. The van der Waals surface area contributed by atoms with Crippen LogP contribution in [0.4, 0.5) is 28.4 Å². The summed E-state index contributed by atoms with van der Waals surface area (Å²) in [7, 11) is 1.98. The van der Waals surface area contributed by atoms with E-state index in [0.29, 0.717) is 48.1 Å². The number of nitrogens with zero attached hydrogens (tertiary/aromatic N) is 4. The second kappa shape index (κ2) is 13.0. The molecule has 0 spiro atoms. The fourth-order valence-electron chi connectivity index (χ4n) is 3.37. The van der Waals surface area contributed by atoms with Crippen LogP contribution < -0.4 is 21.3 Å². The summed E-state index contributed by atoms with van der Waals surface area (Å²) in [6.45, 7) is 1.88. The first-order valence-corrected chi connectivity index (χ1v) is 11.4. The van der Waals surface area contributed by atoms with E-state index in [0.717, 1.165) is 17.1 Å². The Morgan fingerprint density at radius 2 is 1.53 bits per heavy atom. The first-order valence-electron chi connectivity index (χ1n) is 11.4. The molecule has 3 aromatic carbocycles. The van der Waals surface area contributed by atoms with Crippen molar-refractivity contribution in [1.29, 1.82) is 0 Å². The molecule has 10 heteroatoms. The molecule has 0 saturated heterocycles. The molecule has 0 unspecified atom stereocenters. The Hall–Kier alpha value is -4.28. The van der Waals surface area contributed by atoms with E-state index >= 15 is 0 Å². The molecular weight excluding hydrogens is 460 g/mol. The lowest BCUT2D eigenvalue weighted by atomic mass is 10.1. The standard InChI is InChI=1S/C26H30N6O4/c1-31(15-17-36-16-14-27)22-12-10-21(11-13-22)30-29-20-8-6-19(7-9-20)26(35)32(18-25(33)34)24-5-3-2-4-23(24)28/h2-13H,14-18,27-28H2,1H3,(H,33,34)/b30-29+. The lowest BCUT2D eigenvalue weighted by molar-refractivity contribution is -0.135. The van der Waals surface area contributed by atoms with Gasteiger partial charge in [-0.3, -0.25) is 14.5 Å². The van der Waals surface area contributed by atoms with Gasteiger partial charge in [-0.05, 0) is 60.7 Å². The zero-order valence-electron chi connectivity index (χ0n) is 20.1. The van der Waals surface area contributed by atoms with E-state index in [9.17, 15) is 14.7 Å². The Labute approximate surface area is 209 Å². The lowest BCUT2D eigenvalue weighted by Gasteiger charge is -2.22. The van der Waals surface area contributed by atoms with Gasteiger partial charge >= 0.3 is 5.97 Å². The number of nitrogens with two attached hydrogens (primary N) is 2. The minimum atomic E-state index is -1.14. The van der Waals surface area contributed by atoms with Gasteiger partial charge in [-0.25, -0.2) is 0 Å². The monoisotopic (exact) mass is 490 g/mol. The van der Waals surface area contributed by atoms with Gasteiger partial charge in [0.2, 0.25) is 0 Å². The van der Waals surface area contributed by atoms with Crippen molar-refractivity contribution in [2.45, 2.75) is 0 Å². The van der Waals surface area contributed by atoms with Crippen molar-refractivity contribution in [3.05, 3.63) is 78.4 Å². The number of ether oxygens (including phenoxy) is 1. The number of anilines is 3. The van der Waals surface area contributed by atoms with Crippen LogP contribution in [0.5, 0.6) is 0 Å². The molecule has 0 fully saturated rings. The summed E-state index contributed by atoms with van der Waals surface area (Å²) in [4.78, 5) is 27.6. The molecule has 188 valence electrons. The number of carboxylic acids is 1. The van der Waals surface area contributed by atoms with Crippen molar-refractivity contribution in [2.75, 3.05) is 55.4 Å². The van der Waals surface area contributed by atoms with E-state index in [-0.39, 0.29) is 0 Å². The highest BCUT2D eigenvalue weighted by Gasteiger charge is 2.22. The maximum Gasteiger partial charge on any atom is 0.323 e. The first kappa shape index (κ1) is 26.3. The molecule has 0 aromatic heterocycles. The minimum Gasteiger partial charge on any atom is -0.480 e. The van der Waals surface area contributed by atoms with Crippen LogP contribution in [0.2, 0.25) is 0 Å². The van der Waals surface area contributed by atoms with Crippen LogP contribution in [-0.2, 0) is 9.53 Å². The van der Waals surface area contributed by atoms with Crippen molar-refractivity contribution in [2.24, 2.45) is 16.0 Å². The number of azo groups is 1. The summed E-state index contributed by atoms with van der Waals surface area (Å²) >= 11 is 0. The number of para-hydroxylation sites is 2. The smallest absolute Gasteiger partial charge is 0.323 e. The molecule has 0 saturated carbocycles. The van der Waals surface area contributed by atoms with Crippen molar-refractivity contribution >= 4 is 40.3 Å². The molecule has 0 aliphatic heterocycles. The fourth-order valence-corrected chi connectivity index (χ4v) is 3.37. The Balaban J connectivity index is 1.65. The number of nitrogen functional groups attached to an aromatic ring is 1. The molecule has 3 aromatic rings. The highest BCUT2D eigenvalue weighted by atomic mass is 16.5. The summed E-state index contributed by atoms with van der Waals surface area (Å²) in [5, 5.41) is 17.8. The summed E-state index contributed by atoms with van der Waals surface area (Å²) in [5.41, 5.74) is 14.6. The van der Waals surface area contributed by atoms with Crippen LogP contribution in [0.15, 0.2) is 83.0 Å². The lowest BCUT2D eigenvalue weighted by Crippen LogP contribution is -2.36. The van der Waals surface area contributed by atoms with Crippen molar-refractivity contribution in [1.82, 2.24) is 0 Å². The van der Waals surface area contributed by atoms with Gasteiger partial charge in [0, 0.05) is 31.4 Å². The summed E-state index contributed by atoms with van der Waals surface area (Å²) < 4.78 is 5.41. The highest BCUT2D eigenvalue weighted by molar-refractivity contribution is 6.09. The van der Waals surface area contributed by atoms with Crippen LogP contribution >= 0.6 is 0 Å². The quantitative estimate of drug-likeness (QED) is 0.199. The van der Waals surface area contributed by atoms with Gasteiger partial charge in [-0.1, -0.05) is 12.1 Å². The second-order valence-corrected chi connectivity index (χ2v) is 7.93. The molecule has 0 radical (unpaired) electrons. The number of carbonyl (C=O) groups excluding carboxylic acids is 1. The number of carbonyl (C=O) groups is 2. The van der Waals surface area contributed by atoms with Crippen LogP contribution in [0.25, 0.3) is 0 Å². The molecular formula is C26H30N6O4. The van der Waals surface area contributed by atoms with Crippen LogP contribution in [0.1, 0.15) is 10.4 Å². The first-order chi connectivity index (χ1) is 17.4. The zero-order chi connectivity index (χ0) is 25.9. The molecule has 0 atom stereocenters. The van der Waals surface area contributed by atoms with Gasteiger partial charge in [0.25, 0.3) is 5.91 Å². The Bertz CT molecular complexity index is 1180. The summed E-state index contributed by atoms with van der Waals surface area (Å²) in [6.07, 6.45) is 0. The molecule has 10 nitrogen and oxygen atoms in total. The fraction of sp³-hybridized carbons (Fsp3) is 0.231. The number of aliphatic carboxylic acids is 1. The van der Waals surface area contributed by atoms with Crippen molar-refractivity contribution < 1.29 is 19.4 Å². The number of amides is 1. The van der Waals surface area contributed by atoms with E-state index in [1.807, 2.05) is 31.3 Å². The Morgan fingerprint density at radius 3 is 2.11 bits per heavy atom. The third kappa shape index (κ3) is 7.36. The molecule has 3 rings (SSSR count). The van der Waals surface area contributed by atoms with Gasteiger partial charge in [0.1, 0.15) is 6.54 Å². The molecule has 1 amide bonds. The average Bonchev–Trinajstić information content (AvgIpc) is 2.89. The van der Waals surface area contributed by atoms with Gasteiger partial charge in [0.15, 0.2) is 0 Å². The van der Waals surface area contributed by atoms with Gasteiger partial charge in [0.05, 0.1) is 36.0 Å². The second-order valence-electron chi connectivity index (χ2n) is 7.93. The highest BCUT2D eigenvalue weighted by Crippen LogP contribution is 2.26. The van der Waals surface area contributed by atoms with E-state index in [4.69, 9.17) is 16.2 Å². The third-order valence-corrected chi connectivity index (χ3v) is 5.28. The van der Waals surface area contributed by atoms with E-state index < -0.39 is 18.4 Å². The van der Waals surface area contributed by atoms with Crippen LogP contribution in [0.3, 0.4) is 0 Å². The number of rotatable bonds is 12. The number of carboxylic acid groups (broad SMARTS) is 1. The Kier molecular flexibility index (Phi) is 9.49. The van der Waals surface area contributed by atoms with E-state index in [1.165, 1.54) is 0 Å².